The van der Waals surface area contributed by atoms with Gasteiger partial charge < -0.3 is 10.5 Å². The van der Waals surface area contributed by atoms with Gasteiger partial charge in [0.1, 0.15) is 12.3 Å². The van der Waals surface area contributed by atoms with Crippen LogP contribution in [0.4, 0.5) is 0 Å². The SMILES string of the molecule is Cn1ncc(Br)c1C(=O)COCCN. The summed E-state index contributed by atoms with van der Waals surface area (Å²) in [6, 6.07) is 0. The third-order valence-corrected chi connectivity index (χ3v) is 2.23. The number of carbonyl (C=O) groups is 1. The first-order valence-corrected chi connectivity index (χ1v) is 4.94. The fraction of sp³-hybridized carbons (Fsp3) is 0.500. The molecule has 0 spiro atoms. The van der Waals surface area contributed by atoms with Gasteiger partial charge in [-0.15, -0.1) is 0 Å². The number of carbonyl (C=O) groups excluding carboxylic acids is 1. The first kappa shape index (κ1) is 11.4. The Morgan fingerprint density at radius 3 is 3.00 bits per heavy atom. The fourth-order valence-corrected chi connectivity index (χ4v) is 1.61. The van der Waals surface area contributed by atoms with Crippen molar-refractivity contribution in [2.45, 2.75) is 0 Å². The Hall–Kier alpha value is -0.720. The number of ether oxygens (including phenoxy) is 1. The van der Waals surface area contributed by atoms with E-state index < -0.39 is 0 Å². The Morgan fingerprint density at radius 2 is 2.50 bits per heavy atom. The minimum atomic E-state index is -0.106. The number of aromatic nitrogens is 2. The number of hydrogen-bond donors (Lipinski definition) is 1. The molecule has 78 valence electrons. The van der Waals surface area contributed by atoms with Crippen molar-refractivity contribution in [3.05, 3.63) is 16.4 Å². The molecule has 0 amide bonds. The molecule has 0 unspecified atom stereocenters. The Balaban J connectivity index is 2.60. The molecule has 5 nitrogen and oxygen atoms in total. The van der Waals surface area contributed by atoms with E-state index in [0.717, 1.165) is 0 Å². The molecule has 1 aromatic heterocycles. The van der Waals surface area contributed by atoms with Crippen LogP contribution in [0.5, 0.6) is 0 Å². The molecule has 0 aliphatic rings. The zero-order valence-electron chi connectivity index (χ0n) is 7.86. The topological polar surface area (TPSA) is 70.1 Å². The Morgan fingerprint density at radius 1 is 1.79 bits per heavy atom. The quantitative estimate of drug-likeness (QED) is 0.613. The summed E-state index contributed by atoms with van der Waals surface area (Å²) in [5.74, 6) is -0.106. The number of ketones is 1. The van der Waals surface area contributed by atoms with Crippen molar-refractivity contribution < 1.29 is 9.53 Å². The Kier molecular flexibility index (Phi) is 4.24. The van der Waals surface area contributed by atoms with E-state index in [2.05, 4.69) is 21.0 Å². The molecule has 0 fully saturated rings. The van der Waals surface area contributed by atoms with E-state index in [1.54, 1.807) is 13.2 Å². The number of Topliss-reactive ketones (excluding diaryl/α,β-unsaturated/α-hetero) is 1. The second-order valence-corrected chi connectivity index (χ2v) is 3.58. The molecule has 1 rings (SSSR count). The highest BCUT2D eigenvalue weighted by Crippen LogP contribution is 2.15. The summed E-state index contributed by atoms with van der Waals surface area (Å²) in [5, 5.41) is 3.93. The maximum atomic E-state index is 11.6. The van der Waals surface area contributed by atoms with Gasteiger partial charge in [-0.1, -0.05) is 0 Å². The standard InChI is InChI=1S/C8H12BrN3O2/c1-12-8(6(9)4-11-12)7(13)5-14-3-2-10/h4H,2-3,5,10H2,1H3. The second kappa shape index (κ2) is 5.23. The number of aryl methyl sites for hydroxylation is 1. The summed E-state index contributed by atoms with van der Waals surface area (Å²) in [5.41, 5.74) is 5.75. The highest BCUT2D eigenvalue weighted by atomic mass is 79.9. The lowest BCUT2D eigenvalue weighted by molar-refractivity contribution is 0.0764. The van der Waals surface area contributed by atoms with Gasteiger partial charge in [-0.25, -0.2) is 0 Å². The molecule has 0 aliphatic heterocycles. The van der Waals surface area contributed by atoms with Crippen LogP contribution in [-0.2, 0) is 11.8 Å². The summed E-state index contributed by atoms with van der Waals surface area (Å²) in [4.78, 5) is 11.6. The molecule has 0 saturated heterocycles. The van der Waals surface area contributed by atoms with Crippen molar-refractivity contribution in [2.75, 3.05) is 19.8 Å². The molecule has 14 heavy (non-hydrogen) atoms. The second-order valence-electron chi connectivity index (χ2n) is 2.73. The lowest BCUT2D eigenvalue weighted by Gasteiger charge is -2.02. The fourth-order valence-electron chi connectivity index (χ4n) is 1.04. The molecule has 0 aromatic carbocycles. The number of nitrogens with two attached hydrogens (primary N) is 1. The van der Waals surface area contributed by atoms with Gasteiger partial charge in [-0.2, -0.15) is 5.10 Å². The van der Waals surface area contributed by atoms with Gasteiger partial charge in [0, 0.05) is 13.6 Å². The summed E-state index contributed by atoms with van der Waals surface area (Å²) in [7, 11) is 1.71. The van der Waals surface area contributed by atoms with E-state index in [4.69, 9.17) is 10.5 Å². The van der Waals surface area contributed by atoms with Crippen LogP contribution in [0.3, 0.4) is 0 Å². The first-order valence-electron chi connectivity index (χ1n) is 4.15. The molecule has 6 heteroatoms. The smallest absolute Gasteiger partial charge is 0.207 e. The number of nitrogens with zero attached hydrogens (tertiary/aromatic N) is 2. The van der Waals surface area contributed by atoms with E-state index in [1.807, 2.05) is 0 Å². The maximum Gasteiger partial charge on any atom is 0.207 e. The van der Waals surface area contributed by atoms with Crippen molar-refractivity contribution in [3.63, 3.8) is 0 Å². The average molecular weight is 262 g/mol. The predicted molar refractivity (Wildman–Crippen MR) is 55.1 cm³/mol. The van der Waals surface area contributed by atoms with Crippen LogP contribution < -0.4 is 5.73 Å². The third kappa shape index (κ3) is 2.63. The molecule has 1 aromatic rings. The van der Waals surface area contributed by atoms with Gasteiger partial charge in [0.2, 0.25) is 5.78 Å². The van der Waals surface area contributed by atoms with Gasteiger partial charge in [0.15, 0.2) is 0 Å². The van der Waals surface area contributed by atoms with Crippen LogP contribution in [0.25, 0.3) is 0 Å². The van der Waals surface area contributed by atoms with E-state index >= 15 is 0 Å². The summed E-state index contributed by atoms with van der Waals surface area (Å²) in [6.07, 6.45) is 1.58. The largest absolute Gasteiger partial charge is 0.372 e. The minimum Gasteiger partial charge on any atom is -0.372 e. The lowest BCUT2D eigenvalue weighted by Crippen LogP contribution is -2.17. The van der Waals surface area contributed by atoms with Gasteiger partial charge in [-0.05, 0) is 15.9 Å². The van der Waals surface area contributed by atoms with Crippen LogP contribution in [0, 0.1) is 0 Å². The van der Waals surface area contributed by atoms with Gasteiger partial charge in [-0.3, -0.25) is 9.48 Å². The molecule has 0 radical (unpaired) electrons. The highest BCUT2D eigenvalue weighted by molar-refractivity contribution is 9.10. The number of rotatable bonds is 5. The first-order chi connectivity index (χ1) is 6.66. The van der Waals surface area contributed by atoms with Crippen molar-refractivity contribution in [3.8, 4) is 0 Å². The van der Waals surface area contributed by atoms with Crippen LogP contribution in [0.1, 0.15) is 10.5 Å². The minimum absolute atomic E-state index is 0.0370. The summed E-state index contributed by atoms with van der Waals surface area (Å²) < 4.78 is 7.24. The average Bonchev–Trinajstić information content (AvgIpc) is 2.46. The zero-order valence-corrected chi connectivity index (χ0v) is 9.45. The number of hydrogen-bond acceptors (Lipinski definition) is 4. The van der Waals surface area contributed by atoms with Crippen molar-refractivity contribution in [1.82, 2.24) is 9.78 Å². The van der Waals surface area contributed by atoms with Gasteiger partial charge >= 0.3 is 0 Å². The normalized spacial score (nSPS) is 10.5. The van der Waals surface area contributed by atoms with E-state index in [9.17, 15) is 4.79 Å². The molecule has 0 bridgehead atoms. The molecule has 1 heterocycles. The monoisotopic (exact) mass is 261 g/mol. The number of halogens is 1. The van der Waals surface area contributed by atoms with Crippen molar-refractivity contribution in [1.29, 1.82) is 0 Å². The van der Waals surface area contributed by atoms with E-state index in [-0.39, 0.29) is 12.4 Å². The van der Waals surface area contributed by atoms with Crippen LogP contribution in [0.2, 0.25) is 0 Å². The highest BCUT2D eigenvalue weighted by Gasteiger charge is 2.14. The Bertz CT molecular complexity index is 305. The predicted octanol–water partition coefficient (Wildman–Crippen LogP) is 0.341. The van der Waals surface area contributed by atoms with Gasteiger partial charge in [0.25, 0.3) is 0 Å². The molecule has 0 atom stereocenters. The van der Waals surface area contributed by atoms with Crippen LogP contribution in [0.15, 0.2) is 10.7 Å². The molecular weight excluding hydrogens is 250 g/mol. The van der Waals surface area contributed by atoms with Crippen LogP contribution in [-0.4, -0.2) is 35.3 Å². The van der Waals surface area contributed by atoms with Crippen molar-refractivity contribution >= 4 is 21.7 Å². The van der Waals surface area contributed by atoms with E-state index in [0.29, 0.717) is 23.3 Å². The maximum absolute atomic E-state index is 11.6. The third-order valence-electron chi connectivity index (χ3n) is 1.65. The summed E-state index contributed by atoms with van der Waals surface area (Å²) >= 11 is 3.24. The summed E-state index contributed by atoms with van der Waals surface area (Å²) in [6.45, 7) is 0.844. The molecule has 0 aliphatic carbocycles. The van der Waals surface area contributed by atoms with Crippen molar-refractivity contribution in [2.24, 2.45) is 12.8 Å². The molecule has 2 N–H and O–H groups in total. The Labute approximate surface area is 90.3 Å². The zero-order chi connectivity index (χ0) is 10.6. The van der Waals surface area contributed by atoms with E-state index in [1.165, 1.54) is 4.68 Å². The molecular formula is C8H12BrN3O2. The van der Waals surface area contributed by atoms with Crippen LogP contribution >= 0.6 is 15.9 Å². The lowest BCUT2D eigenvalue weighted by atomic mass is 10.3. The molecule has 0 saturated carbocycles. The van der Waals surface area contributed by atoms with Gasteiger partial charge in [0.05, 0.1) is 17.3 Å².